The summed E-state index contributed by atoms with van der Waals surface area (Å²) in [6, 6.07) is 12.7. The molecule has 0 spiro atoms. The van der Waals surface area contributed by atoms with Gasteiger partial charge in [0.15, 0.2) is 0 Å². The molecule has 7 heteroatoms. The highest BCUT2D eigenvalue weighted by Crippen LogP contribution is 2.23. The van der Waals surface area contributed by atoms with Crippen molar-refractivity contribution in [2.24, 2.45) is 0 Å². The fourth-order valence-corrected chi connectivity index (χ4v) is 3.07. The van der Waals surface area contributed by atoms with Gasteiger partial charge in [0, 0.05) is 29.9 Å². The van der Waals surface area contributed by atoms with E-state index in [2.05, 4.69) is 5.32 Å². The predicted octanol–water partition coefficient (Wildman–Crippen LogP) is 3.02. The van der Waals surface area contributed by atoms with Crippen molar-refractivity contribution >= 4 is 28.3 Å². The highest BCUT2D eigenvalue weighted by atomic mass is 19.1. The van der Waals surface area contributed by atoms with E-state index < -0.39 is 17.3 Å². The van der Waals surface area contributed by atoms with E-state index in [0.29, 0.717) is 43.0 Å². The summed E-state index contributed by atoms with van der Waals surface area (Å²) in [5, 5.41) is 3.22. The summed E-state index contributed by atoms with van der Waals surface area (Å²) in [4.78, 5) is 26.7. The normalized spacial score (nSPS) is 14.3. The van der Waals surface area contributed by atoms with E-state index in [1.165, 1.54) is 18.2 Å². The van der Waals surface area contributed by atoms with Gasteiger partial charge in [0.25, 0.3) is 5.91 Å². The number of halogens is 1. The molecule has 0 saturated carbocycles. The van der Waals surface area contributed by atoms with Crippen LogP contribution in [0.4, 0.5) is 15.8 Å². The molecule has 138 valence electrons. The van der Waals surface area contributed by atoms with Crippen molar-refractivity contribution in [1.29, 1.82) is 0 Å². The van der Waals surface area contributed by atoms with Gasteiger partial charge in [0.1, 0.15) is 17.0 Å². The van der Waals surface area contributed by atoms with Gasteiger partial charge in [-0.05, 0) is 30.3 Å². The summed E-state index contributed by atoms with van der Waals surface area (Å²) in [7, 11) is 0. The lowest BCUT2D eigenvalue weighted by Gasteiger charge is -2.29. The van der Waals surface area contributed by atoms with Gasteiger partial charge in [-0.15, -0.1) is 0 Å². The summed E-state index contributed by atoms with van der Waals surface area (Å²) in [5.41, 5.74) is 0.453. The van der Waals surface area contributed by atoms with Gasteiger partial charge in [-0.2, -0.15) is 0 Å². The second kappa shape index (κ2) is 7.20. The van der Waals surface area contributed by atoms with Crippen LogP contribution in [0.15, 0.2) is 57.7 Å². The molecule has 1 fully saturated rings. The minimum Gasteiger partial charge on any atom is -0.422 e. The Morgan fingerprint density at radius 2 is 1.85 bits per heavy atom. The fourth-order valence-electron chi connectivity index (χ4n) is 3.07. The summed E-state index contributed by atoms with van der Waals surface area (Å²) >= 11 is 0. The van der Waals surface area contributed by atoms with Crippen LogP contribution in [-0.4, -0.2) is 32.2 Å². The number of morpholine rings is 1. The maximum Gasteiger partial charge on any atom is 0.349 e. The van der Waals surface area contributed by atoms with Crippen LogP contribution in [-0.2, 0) is 4.74 Å². The van der Waals surface area contributed by atoms with Crippen molar-refractivity contribution in [3.8, 4) is 0 Å². The standard InChI is InChI=1S/C20H17FN2O4/c21-14-10-15(12-16(11-14)23-5-7-26-8-6-23)22-19(24)17-9-13-3-1-2-4-18(13)27-20(17)25/h1-4,9-12H,5-8H2,(H,22,24). The number of nitrogens with one attached hydrogen (secondary N) is 1. The van der Waals surface area contributed by atoms with E-state index in [4.69, 9.17) is 9.15 Å². The topological polar surface area (TPSA) is 71.8 Å². The van der Waals surface area contributed by atoms with Crippen LogP contribution < -0.4 is 15.8 Å². The molecule has 0 atom stereocenters. The van der Waals surface area contributed by atoms with Crippen molar-refractivity contribution in [2.45, 2.75) is 0 Å². The predicted molar refractivity (Wildman–Crippen MR) is 99.9 cm³/mol. The first-order chi connectivity index (χ1) is 13.1. The molecule has 0 radical (unpaired) electrons. The van der Waals surface area contributed by atoms with Gasteiger partial charge < -0.3 is 19.4 Å². The molecule has 1 aromatic heterocycles. The maximum absolute atomic E-state index is 14.0. The molecule has 27 heavy (non-hydrogen) atoms. The van der Waals surface area contributed by atoms with Crippen molar-refractivity contribution < 1.29 is 18.3 Å². The van der Waals surface area contributed by atoms with Crippen molar-refractivity contribution in [2.75, 3.05) is 36.5 Å². The lowest BCUT2D eigenvalue weighted by Crippen LogP contribution is -2.36. The first kappa shape index (κ1) is 17.2. The molecule has 1 aliphatic heterocycles. The van der Waals surface area contributed by atoms with Crippen LogP contribution in [0.3, 0.4) is 0 Å². The van der Waals surface area contributed by atoms with Crippen molar-refractivity contribution in [3.63, 3.8) is 0 Å². The Bertz CT molecular complexity index is 1060. The zero-order chi connectivity index (χ0) is 18.8. The summed E-state index contributed by atoms with van der Waals surface area (Å²) in [5.74, 6) is -1.12. The number of carbonyl (C=O) groups is 1. The first-order valence-electron chi connectivity index (χ1n) is 8.58. The number of ether oxygens (including phenoxy) is 1. The molecule has 4 rings (SSSR count). The van der Waals surface area contributed by atoms with Gasteiger partial charge in [0.05, 0.1) is 13.2 Å². The maximum atomic E-state index is 14.0. The third-order valence-electron chi connectivity index (χ3n) is 4.40. The smallest absolute Gasteiger partial charge is 0.349 e. The van der Waals surface area contributed by atoms with Crippen molar-refractivity contribution in [1.82, 2.24) is 0 Å². The number of fused-ring (bicyclic) bond motifs is 1. The molecule has 0 bridgehead atoms. The third kappa shape index (κ3) is 3.68. The summed E-state index contributed by atoms with van der Waals surface area (Å²) in [6.45, 7) is 2.42. The van der Waals surface area contributed by atoms with E-state index in [1.807, 2.05) is 4.90 Å². The second-order valence-electron chi connectivity index (χ2n) is 6.24. The van der Waals surface area contributed by atoms with Crippen LogP contribution >= 0.6 is 0 Å². The number of hydrogen-bond acceptors (Lipinski definition) is 5. The van der Waals surface area contributed by atoms with Gasteiger partial charge >= 0.3 is 5.63 Å². The number of anilines is 2. The first-order valence-corrected chi connectivity index (χ1v) is 8.58. The number of benzene rings is 2. The molecule has 1 N–H and O–H groups in total. The monoisotopic (exact) mass is 368 g/mol. The van der Waals surface area contributed by atoms with Gasteiger partial charge in [-0.3, -0.25) is 4.79 Å². The minimum absolute atomic E-state index is 0.133. The van der Waals surface area contributed by atoms with E-state index in [9.17, 15) is 14.0 Å². The zero-order valence-electron chi connectivity index (χ0n) is 14.4. The zero-order valence-corrected chi connectivity index (χ0v) is 14.4. The lowest BCUT2D eigenvalue weighted by atomic mass is 10.1. The summed E-state index contributed by atoms with van der Waals surface area (Å²) < 4.78 is 24.5. The van der Waals surface area contributed by atoms with Crippen LogP contribution in [0.5, 0.6) is 0 Å². The highest BCUT2D eigenvalue weighted by molar-refractivity contribution is 6.05. The number of nitrogens with zero attached hydrogens (tertiary/aromatic N) is 1. The molecule has 1 amide bonds. The number of carbonyl (C=O) groups excluding carboxylic acids is 1. The van der Waals surface area contributed by atoms with Gasteiger partial charge in [-0.1, -0.05) is 18.2 Å². The molecule has 1 aliphatic rings. The van der Waals surface area contributed by atoms with E-state index in [0.717, 1.165) is 0 Å². The Balaban J connectivity index is 1.62. The molecular weight excluding hydrogens is 351 g/mol. The Labute approximate surface area is 154 Å². The largest absolute Gasteiger partial charge is 0.422 e. The number of para-hydroxylation sites is 1. The Hall–Kier alpha value is -3.19. The second-order valence-corrected chi connectivity index (χ2v) is 6.24. The van der Waals surface area contributed by atoms with Crippen LogP contribution in [0.2, 0.25) is 0 Å². The third-order valence-corrected chi connectivity index (χ3v) is 4.40. The Morgan fingerprint density at radius 3 is 2.67 bits per heavy atom. The van der Waals surface area contributed by atoms with E-state index in [-0.39, 0.29) is 11.3 Å². The number of amides is 1. The van der Waals surface area contributed by atoms with Crippen LogP contribution in [0.1, 0.15) is 10.4 Å². The molecule has 2 aromatic carbocycles. The minimum atomic E-state index is -0.740. The average molecular weight is 368 g/mol. The quantitative estimate of drug-likeness (QED) is 0.720. The summed E-state index contributed by atoms with van der Waals surface area (Å²) in [6.07, 6.45) is 0. The molecular formula is C20H17FN2O4. The molecule has 6 nitrogen and oxygen atoms in total. The Morgan fingerprint density at radius 1 is 1.07 bits per heavy atom. The molecule has 0 unspecified atom stereocenters. The molecule has 0 aliphatic carbocycles. The molecule has 1 saturated heterocycles. The van der Waals surface area contributed by atoms with E-state index >= 15 is 0 Å². The van der Waals surface area contributed by atoms with Crippen LogP contribution in [0, 0.1) is 5.82 Å². The van der Waals surface area contributed by atoms with E-state index in [1.54, 1.807) is 30.3 Å². The van der Waals surface area contributed by atoms with Crippen molar-refractivity contribution in [3.05, 3.63) is 70.3 Å². The molecule has 2 heterocycles. The number of hydrogen-bond donors (Lipinski definition) is 1. The fraction of sp³-hybridized carbons (Fsp3) is 0.200. The van der Waals surface area contributed by atoms with Crippen LogP contribution in [0.25, 0.3) is 11.0 Å². The average Bonchev–Trinajstić information content (AvgIpc) is 2.67. The van der Waals surface area contributed by atoms with Gasteiger partial charge in [0.2, 0.25) is 0 Å². The lowest BCUT2D eigenvalue weighted by molar-refractivity contribution is 0.102. The molecule has 3 aromatic rings. The SMILES string of the molecule is O=C(Nc1cc(F)cc(N2CCOCC2)c1)c1cc2ccccc2oc1=O. The Kier molecular flexibility index (Phi) is 4.60. The number of rotatable bonds is 3. The highest BCUT2D eigenvalue weighted by Gasteiger charge is 2.17. The van der Waals surface area contributed by atoms with Gasteiger partial charge in [-0.25, -0.2) is 9.18 Å².